The average molecular weight is 436 g/mol. The molecule has 1 aromatic carbocycles. The lowest BCUT2D eigenvalue weighted by Gasteiger charge is -2.34. The molecule has 0 radical (unpaired) electrons. The molecule has 0 spiro atoms. The fourth-order valence-electron chi connectivity index (χ4n) is 3.19. The zero-order valence-corrected chi connectivity index (χ0v) is 16.8. The highest BCUT2D eigenvalue weighted by Gasteiger charge is 2.30. The number of piperazine rings is 1. The molecule has 152 valence electrons. The fraction of sp³-hybridized carbons (Fsp3) is 0.278. The Balaban J connectivity index is 1.42. The lowest BCUT2D eigenvalue weighted by atomic mass is 10.3. The maximum Gasteiger partial charge on any atom is 0.262 e. The number of rotatable bonds is 4. The number of amides is 1. The van der Waals surface area contributed by atoms with E-state index in [1.165, 1.54) is 43.6 Å². The zero-order valence-electron chi connectivity index (χ0n) is 15.2. The molecule has 1 amide bonds. The minimum atomic E-state index is -3.75. The molecule has 0 unspecified atom stereocenters. The molecule has 0 aliphatic carbocycles. The van der Waals surface area contributed by atoms with Crippen molar-refractivity contribution in [2.75, 3.05) is 26.2 Å². The van der Waals surface area contributed by atoms with Crippen LogP contribution in [-0.4, -0.2) is 59.3 Å². The molecule has 1 fully saturated rings. The van der Waals surface area contributed by atoms with Crippen molar-refractivity contribution in [1.82, 2.24) is 18.8 Å². The van der Waals surface area contributed by atoms with Gasteiger partial charge < -0.3 is 4.90 Å². The summed E-state index contributed by atoms with van der Waals surface area (Å²) in [7, 11) is -3.75. The van der Waals surface area contributed by atoms with E-state index in [0.717, 1.165) is 12.1 Å². The summed E-state index contributed by atoms with van der Waals surface area (Å²) >= 11 is 1.36. The fourth-order valence-corrected chi connectivity index (χ4v) is 5.33. The van der Waals surface area contributed by atoms with Gasteiger partial charge in [-0.05, 0) is 35.7 Å². The molecule has 29 heavy (non-hydrogen) atoms. The van der Waals surface area contributed by atoms with Crippen molar-refractivity contribution in [1.29, 1.82) is 0 Å². The van der Waals surface area contributed by atoms with Crippen LogP contribution in [0.4, 0.5) is 4.39 Å². The van der Waals surface area contributed by atoms with Crippen LogP contribution >= 0.6 is 11.3 Å². The number of hydrogen-bond donors (Lipinski definition) is 0. The van der Waals surface area contributed by atoms with Crippen LogP contribution in [0, 0.1) is 5.82 Å². The van der Waals surface area contributed by atoms with Crippen molar-refractivity contribution >= 4 is 37.5 Å². The predicted molar refractivity (Wildman–Crippen MR) is 106 cm³/mol. The number of hydrogen-bond acceptors (Lipinski definition) is 6. The van der Waals surface area contributed by atoms with Crippen molar-refractivity contribution in [2.24, 2.45) is 0 Å². The van der Waals surface area contributed by atoms with Crippen molar-refractivity contribution < 1.29 is 17.6 Å². The van der Waals surface area contributed by atoms with Crippen molar-refractivity contribution in [2.45, 2.75) is 11.4 Å². The van der Waals surface area contributed by atoms with Crippen LogP contribution in [-0.2, 0) is 21.4 Å². The number of aromatic nitrogens is 2. The van der Waals surface area contributed by atoms with Gasteiger partial charge in [0.15, 0.2) is 0 Å². The number of halogens is 1. The van der Waals surface area contributed by atoms with Crippen LogP contribution in [0.2, 0.25) is 0 Å². The Morgan fingerprint density at radius 1 is 1.10 bits per heavy atom. The third-order valence-corrected chi connectivity index (χ3v) is 7.53. The van der Waals surface area contributed by atoms with Gasteiger partial charge in [0, 0.05) is 26.2 Å². The van der Waals surface area contributed by atoms with E-state index < -0.39 is 15.8 Å². The molecule has 0 atom stereocenters. The highest BCUT2D eigenvalue weighted by molar-refractivity contribution is 7.89. The second-order valence-corrected chi connectivity index (χ2v) is 9.39. The lowest BCUT2D eigenvalue weighted by molar-refractivity contribution is -0.133. The van der Waals surface area contributed by atoms with Crippen LogP contribution in [0.15, 0.2) is 51.7 Å². The topological polar surface area (TPSA) is 92.6 Å². The van der Waals surface area contributed by atoms with E-state index in [4.69, 9.17) is 0 Å². The number of sulfonamides is 1. The Bertz CT molecular complexity index is 1210. The van der Waals surface area contributed by atoms with E-state index in [9.17, 15) is 22.4 Å². The third-order valence-electron chi connectivity index (χ3n) is 4.80. The first kappa shape index (κ1) is 19.7. The Kier molecular flexibility index (Phi) is 5.19. The van der Waals surface area contributed by atoms with E-state index in [1.54, 1.807) is 11.4 Å². The van der Waals surface area contributed by atoms with Crippen LogP contribution in [0.25, 0.3) is 10.2 Å². The zero-order chi connectivity index (χ0) is 20.6. The SMILES string of the molecule is O=C(Cn1cnc2sccc2c1=O)N1CCN(S(=O)(=O)c2ccc(F)cc2)CC1. The van der Waals surface area contributed by atoms with Gasteiger partial charge in [0.1, 0.15) is 17.2 Å². The second kappa shape index (κ2) is 7.65. The summed E-state index contributed by atoms with van der Waals surface area (Å²) in [6.45, 7) is 0.525. The number of nitrogens with zero attached hydrogens (tertiary/aromatic N) is 4. The highest BCUT2D eigenvalue weighted by atomic mass is 32.2. The molecular formula is C18H17FN4O4S2. The Hall–Kier alpha value is -2.63. The van der Waals surface area contributed by atoms with Crippen LogP contribution in [0.3, 0.4) is 0 Å². The molecule has 0 bridgehead atoms. The normalized spacial score (nSPS) is 15.7. The molecule has 1 aliphatic rings. The van der Waals surface area contributed by atoms with Gasteiger partial charge in [-0.2, -0.15) is 4.31 Å². The molecule has 3 heterocycles. The summed E-state index contributed by atoms with van der Waals surface area (Å²) in [5.41, 5.74) is -0.276. The number of thiophene rings is 1. The molecule has 4 rings (SSSR count). The number of carbonyl (C=O) groups excluding carboxylic acids is 1. The minimum absolute atomic E-state index is 0.0142. The molecule has 3 aromatic rings. The Morgan fingerprint density at radius 3 is 2.48 bits per heavy atom. The highest BCUT2D eigenvalue weighted by Crippen LogP contribution is 2.18. The van der Waals surface area contributed by atoms with Gasteiger partial charge in [-0.3, -0.25) is 14.2 Å². The molecule has 8 nitrogen and oxygen atoms in total. The molecule has 11 heteroatoms. The number of benzene rings is 1. The van der Waals surface area contributed by atoms with Crippen LogP contribution < -0.4 is 5.56 Å². The van der Waals surface area contributed by atoms with Gasteiger partial charge in [-0.25, -0.2) is 17.8 Å². The van der Waals surface area contributed by atoms with E-state index in [1.807, 2.05) is 0 Å². The summed E-state index contributed by atoms with van der Waals surface area (Å²) in [6, 6.07) is 6.32. The average Bonchev–Trinajstić information content (AvgIpc) is 3.20. The van der Waals surface area contributed by atoms with Gasteiger partial charge in [0.05, 0.1) is 16.6 Å². The van der Waals surface area contributed by atoms with Crippen LogP contribution in [0.5, 0.6) is 0 Å². The first-order valence-corrected chi connectivity index (χ1v) is 11.1. The predicted octanol–water partition coefficient (Wildman–Crippen LogP) is 1.13. The van der Waals surface area contributed by atoms with Gasteiger partial charge in [-0.1, -0.05) is 0 Å². The summed E-state index contributed by atoms with van der Waals surface area (Å²) in [4.78, 5) is 31.4. The summed E-state index contributed by atoms with van der Waals surface area (Å²) in [6.07, 6.45) is 1.36. The third kappa shape index (κ3) is 3.80. The molecule has 0 N–H and O–H groups in total. The molecule has 0 saturated carbocycles. The summed E-state index contributed by atoms with van der Waals surface area (Å²) in [5, 5.41) is 2.24. The maximum absolute atomic E-state index is 13.1. The van der Waals surface area contributed by atoms with Gasteiger partial charge in [0.25, 0.3) is 5.56 Å². The molecule has 1 saturated heterocycles. The van der Waals surface area contributed by atoms with E-state index in [2.05, 4.69) is 4.98 Å². The molecule has 1 aliphatic heterocycles. The maximum atomic E-state index is 13.1. The number of carbonyl (C=O) groups is 1. The smallest absolute Gasteiger partial charge is 0.262 e. The Labute approximate surface area is 169 Å². The van der Waals surface area contributed by atoms with Crippen molar-refractivity contribution in [3.8, 4) is 0 Å². The van der Waals surface area contributed by atoms with Gasteiger partial charge in [-0.15, -0.1) is 11.3 Å². The molecule has 2 aromatic heterocycles. The lowest BCUT2D eigenvalue weighted by Crippen LogP contribution is -2.51. The van der Waals surface area contributed by atoms with Crippen LogP contribution in [0.1, 0.15) is 0 Å². The summed E-state index contributed by atoms with van der Waals surface area (Å²) in [5.74, 6) is -0.785. The quantitative estimate of drug-likeness (QED) is 0.611. The first-order chi connectivity index (χ1) is 13.9. The second-order valence-electron chi connectivity index (χ2n) is 6.56. The van der Waals surface area contributed by atoms with Crippen molar-refractivity contribution in [3.05, 3.63) is 58.2 Å². The minimum Gasteiger partial charge on any atom is -0.338 e. The first-order valence-electron chi connectivity index (χ1n) is 8.82. The number of fused-ring (bicyclic) bond motifs is 1. The Morgan fingerprint density at radius 2 is 1.79 bits per heavy atom. The van der Waals surface area contributed by atoms with Gasteiger partial charge >= 0.3 is 0 Å². The summed E-state index contributed by atoms with van der Waals surface area (Å²) < 4.78 is 40.9. The monoisotopic (exact) mass is 436 g/mol. The van der Waals surface area contributed by atoms with E-state index in [0.29, 0.717) is 10.2 Å². The van der Waals surface area contributed by atoms with E-state index in [-0.39, 0.29) is 49.1 Å². The standard InChI is InChI=1S/C18H17FN4O4S2/c19-13-1-3-14(4-2-13)29(26,27)23-8-6-21(7-9-23)16(24)11-22-12-20-17-15(18(22)25)5-10-28-17/h1-5,10,12H,6-9,11H2. The van der Waals surface area contributed by atoms with Crippen molar-refractivity contribution in [3.63, 3.8) is 0 Å². The van der Waals surface area contributed by atoms with Gasteiger partial charge in [0.2, 0.25) is 15.9 Å². The largest absolute Gasteiger partial charge is 0.338 e. The molecular weight excluding hydrogens is 419 g/mol. The van der Waals surface area contributed by atoms with E-state index >= 15 is 0 Å².